The maximum Gasteiger partial charge on any atom is 0.319 e. The Kier molecular flexibility index (Phi) is 6.18. The van der Waals surface area contributed by atoms with Crippen LogP contribution in [0.5, 0.6) is 0 Å². The molecule has 0 saturated carbocycles. The lowest BCUT2D eigenvalue weighted by Gasteiger charge is -2.33. The normalized spacial score (nSPS) is 21.6. The molecule has 2 aromatic rings. The Labute approximate surface area is 176 Å². The Morgan fingerprint density at radius 2 is 1.73 bits per heavy atom. The van der Waals surface area contributed by atoms with Crippen molar-refractivity contribution in [3.63, 3.8) is 0 Å². The molecule has 7 nitrogen and oxygen atoms in total. The van der Waals surface area contributed by atoms with Crippen molar-refractivity contribution in [2.45, 2.75) is 25.3 Å². The van der Waals surface area contributed by atoms with Gasteiger partial charge in [-0.2, -0.15) is 0 Å². The Bertz CT molecular complexity index is 872. The van der Waals surface area contributed by atoms with E-state index < -0.39 is 6.04 Å². The second-order valence-corrected chi connectivity index (χ2v) is 7.95. The quantitative estimate of drug-likeness (QED) is 0.710. The molecular formula is C23H28N4O3. The van der Waals surface area contributed by atoms with Crippen molar-refractivity contribution in [1.29, 1.82) is 0 Å². The summed E-state index contributed by atoms with van der Waals surface area (Å²) < 4.78 is 0. The summed E-state index contributed by atoms with van der Waals surface area (Å²) in [5, 5.41) is 14.9. The third kappa shape index (κ3) is 4.57. The van der Waals surface area contributed by atoms with Crippen molar-refractivity contribution in [1.82, 2.24) is 5.32 Å². The lowest BCUT2D eigenvalue weighted by Crippen LogP contribution is -2.53. The van der Waals surface area contributed by atoms with Crippen LogP contribution in [0.3, 0.4) is 0 Å². The van der Waals surface area contributed by atoms with Gasteiger partial charge in [0.05, 0.1) is 0 Å². The minimum atomic E-state index is -0.536. The van der Waals surface area contributed by atoms with Crippen molar-refractivity contribution in [2.75, 3.05) is 41.4 Å². The predicted molar refractivity (Wildman–Crippen MR) is 118 cm³/mol. The van der Waals surface area contributed by atoms with Gasteiger partial charge >= 0.3 is 6.03 Å². The molecule has 2 aliphatic rings. The molecule has 2 saturated heterocycles. The van der Waals surface area contributed by atoms with E-state index in [0.717, 1.165) is 37.3 Å². The number of anilines is 3. The smallest absolute Gasteiger partial charge is 0.319 e. The van der Waals surface area contributed by atoms with E-state index in [9.17, 15) is 14.7 Å². The van der Waals surface area contributed by atoms with E-state index in [4.69, 9.17) is 0 Å². The number of nitrogens with zero attached hydrogens (tertiary/aromatic N) is 2. The van der Waals surface area contributed by atoms with Crippen LogP contribution >= 0.6 is 0 Å². The molecule has 0 radical (unpaired) electrons. The first kappa shape index (κ1) is 20.2. The molecule has 2 fully saturated rings. The van der Waals surface area contributed by atoms with E-state index in [1.807, 2.05) is 42.5 Å². The summed E-state index contributed by atoms with van der Waals surface area (Å²) in [5.41, 5.74) is 2.64. The van der Waals surface area contributed by atoms with Crippen LogP contribution in [0.15, 0.2) is 54.6 Å². The second-order valence-electron chi connectivity index (χ2n) is 7.95. The number of aliphatic hydroxyl groups excluding tert-OH is 1. The highest BCUT2D eigenvalue weighted by molar-refractivity contribution is 6.01. The van der Waals surface area contributed by atoms with Crippen LogP contribution in [-0.4, -0.2) is 49.3 Å². The number of amides is 3. The molecule has 2 aliphatic heterocycles. The Hall–Kier alpha value is -3.06. The highest BCUT2D eigenvalue weighted by atomic mass is 16.3. The van der Waals surface area contributed by atoms with Gasteiger partial charge in [0.2, 0.25) is 5.91 Å². The lowest BCUT2D eigenvalue weighted by atomic mass is 10.0. The first-order valence-corrected chi connectivity index (χ1v) is 10.5. The largest absolute Gasteiger partial charge is 0.396 e. The minimum Gasteiger partial charge on any atom is -0.396 e. The number of para-hydroxylation sites is 1. The minimum absolute atomic E-state index is 0.0845. The number of nitrogens with one attached hydrogen (secondary N) is 2. The third-order valence-corrected chi connectivity index (χ3v) is 5.85. The van der Waals surface area contributed by atoms with E-state index in [-0.39, 0.29) is 18.5 Å². The molecule has 0 aromatic heterocycles. The highest BCUT2D eigenvalue weighted by Gasteiger charge is 2.31. The maximum atomic E-state index is 13.0. The van der Waals surface area contributed by atoms with Gasteiger partial charge < -0.3 is 25.5 Å². The van der Waals surface area contributed by atoms with Crippen LogP contribution in [0.4, 0.5) is 21.9 Å². The molecule has 0 spiro atoms. The summed E-state index contributed by atoms with van der Waals surface area (Å²) in [6.45, 7) is 2.67. The molecule has 30 heavy (non-hydrogen) atoms. The maximum absolute atomic E-state index is 13.0. The number of aliphatic hydroxyl groups is 1. The van der Waals surface area contributed by atoms with Crippen molar-refractivity contribution in [3.8, 4) is 0 Å². The third-order valence-electron chi connectivity index (χ3n) is 5.85. The predicted octanol–water partition coefficient (Wildman–Crippen LogP) is 2.82. The van der Waals surface area contributed by atoms with Crippen molar-refractivity contribution in [3.05, 3.63) is 54.6 Å². The van der Waals surface area contributed by atoms with Gasteiger partial charge in [0.25, 0.3) is 0 Å². The fraction of sp³-hybridized carbons (Fsp3) is 0.391. The van der Waals surface area contributed by atoms with Crippen LogP contribution in [-0.2, 0) is 4.79 Å². The summed E-state index contributed by atoms with van der Waals surface area (Å²) in [7, 11) is 0. The van der Waals surface area contributed by atoms with E-state index in [0.29, 0.717) is 24.6 Å². The molecule has 3 amide bonds. The van der Waals surface area contributed by atoms with Gasteiger partial charge in [0.15, 0.2) is 0 Å². The second kappa shape index (κ2) is 9.17. The topological polar surface area (TPSA) is 84.9 Å². The number of carbonyl (C=O) groups is 2. The van der Waals surface area contributed by atoms with Crippen molar-refractivity contribution >= 4 is 29.0 Å². The number of piperidine rings is 1. The standard InChI is InChI=1S/C23H28N4O3/c28-16-17-12-14-26(15-17)19-8-10-20(11-9-19)27-13-4-7-21(22(27)29)25-23(30)24-18-5-2-1-3-6-18/h1-3,5-6,8-11,17,21,28H,4,7,12-16H2,(H2,24,25,30)/t17?,21-/m1/s1. The molecule has 2 atom stereocenters. The summed E-state index contributed by atoms with van der Waals surface area (Å²) in [6.07, 6.45) is 2.46. The SMILES string of the molecule is O=C(Nc1ccccc1)N[C@@H]1CCCN(c2ccc(N3CCC(CO)C3)cc2)C1=O. The van der Waals surface area contributed by atoms with E-state index in [1.54, 1.807) is 17.0 Å². The Balaban J connectivity index is 1.37. The molecule has 158 valence electrons. The molecule has 7 heteroatoms. The zero-order chi connectivity index (χ0) is 20.9. The molecule has 1 unspecified atom stereocenters. The molecule has 0 bridgehead atoms. The van der Waals surface area contributed by atoms with Gasteiger partial charge in [-0.25, -0.2) is 4.79 Å². The highest BCUT2D eigenvalue weighted by Crippen LogP contribution is 2.27. The van der Waals surface area contributed by atoms with Gasteiger partial charge in [-0.15, -0.1) is 0 Å². The van der Waals surface area contributed by atoms with Crippen LogP contribution in [0, 0.1) is 5.92 Å². The van der Waals surface area contributed by atoms with Crippen LogP contribution in [0.1, 0.15) is 19.3 Å². The molecule has 3 N–H and O–H groups in total. The number of benzene rings is 2. The van der Waals surface area contributed by atoms with Gasteiger partial charge in [0.1, 0.15) is 6.04 Å². The number of rotatable bonds is 5. The molecular weight excluding hydrogens is 380 g/mol. The van der Waals surface area contributed by atoms with Gasteiger partial charge in [-0.3, -0.25) is 4.79 Å². The van der Waals surface area contributed by atoms with Crippen molar-refractivity contribution in [2.24, 2.45) is 5.92 Å². The van der Waals surface area contributed by atoms with Crippen LogP contribution in [0.2, 0.25) is 0 Å². The number of carbonyl (C=O) groups excluding carboxylic acids is 2. The average molecular weight is 409 g/mol. The number of urea groups is 1. The summed E-state index contributed by atoms with van der Waals surface area (Å²) >= 11 is 0. The monoisotopic (exact) mass is 408 g/mol. The fourth-order valence-electron chi connectivity index (χ4n) is 4.17. The number of hydrogen-bond donors (Lipinski definition) is 3. The van der Waals surface area contributed by atoms with E-state index in [2.05, 4.69) is 15.5 Å². The summed E-state index contributed by atoms with van der Waals surface area (Å²) in [6, 6.07) is 16.3. The molecule has 4 rings (SSSR count). The molecule has 2 heterocycles. The van der Waals surface area contributed by atoms with Crippen LogP contribution < -0.4 is 20.4 Å². The first-order chi connectivity index (χ1) is 14.6. The number of hydrogen-bond acceptors (Lipinski definition) is 4. The van der Waals surface area contributed by atoms with Crippen LogP contribution in [0.25, 0.3) is 0 Å². The van der Waals surface area contributed by atoms with Crippen molar-refractivity contribution < 1.29 is 14.7 Å². The Morgan fingerprint density at radius 1 is 1.00 bits per heavy atom. The lowest BCUT2D eigenvalue weighted by molar-refractivity contribution is -0.121. The molecule has 2 aromatic carbocycles. The summed E-state index contributed by atoms with van der Waals surface area (Å²) in [4.78, 5) is 29.3. The van der Waals surface area contributed by atoms with Gasteiger partial charge in [-0.05, 0) is 55.7 Å². The molecule has 0 aliphatic carbocycles. The first-order valence-electron chi connectivity index (χ1n) is 10.5. The van der Waals surface area contributed by atoms with E-state index >= 15 is 0 Å². The zero-order valence-corrected chi connectivity index (χ0v) is 17.0. The zero-order valence-electron chi connectivity index (χ0n) is 17.0. The van der Waals surface area contributed by atoms with E-state index in [1.165, 1.54) is 0 Å². The Morgan fingerprint density at radius 3 is 2.43 bits per heavy atom. The fourth-order valence-corrected chi connectivity index (χ4v) is 4.17. The summed E-state index contributed by atoms with van der Waals surface area (Å²) in [5.74, 6) is 0.251. The van der Waals surface area contributed by atoms with Gasteiger partial charge in [-0.1, -0.05) is 18.2 Å². The average Bonchev–Trinajstić information content (AvgIpc) is 3.25. The van der Waals surface area contributed by atoms with Gasteiger partial charge in [0, 0.05) is 49.2 Å².